The number of halogens is 2. The summed E-state index contributed by atoms with van der Waals surface area (Å²) in [6.07, 6.45) is 1.45. The normalized spacial score (nSPS) is 16.7. The molecule has 0 saturated carbocycles. The Bertz CT molecular complexity index is 443. The fourth-order valence-electron chi connectivity index (χ4n) is 2.05. The molecule has 1 aromatic rings. The van der Waals surface area contributed by atoms with Crippen molar-refractivity contribution in [3.05, 3.63) is 22.4 Å². The van der Waals surface area contributed by atoms with Crippen LogP contribution in [0.1, 0.15) is 22.5 Å². The molecular formula is C12H14Cl2N2O2S. The zero-order valence-corrected chi connectivity index (χ0v) is 12.5. The quantitative estimate of drug-likeness (QED) is 0.868. The van der Waals surface area contributed by atoms with Crippen LogP contribution in [0.2, 0.25) is 0 Å². The molecule has 1 N–H and O–H groups in total. The van der Waals surface area contributed by atoms with Gasteiger partial charge in [0, 0.05) is 19.1 Å². The number of alkyl halides is 2. The van der Waals surface area contributed by atoms with Gasteiger partial charge in [-0.1, -0.05) is 29.3 Å². The number of nitrogens with zero attached hydrogens (tertiary/aromatic N) is 1. The number of carbonyl (C=O) groups is 2. The minimum absolute atomic E-state index is 0.0416. The van der Waals surface area contributed by atoms with Gasteiger partial charge in [-0.15, -0.1) is 11.3 Å². The maximum Gasteiger partial charge on any atom is 0.263 e. The van der Waals surface area contributed by atoms with E-state index in [4.69, 9.17) is 23.2 Å². The standard InChI is InChI=1S/C12H14Cl2N2O2S/c13-10(14)11(17)15-8-3-5-16(6-4-8)12(18)9-2-1-7-19-9/h1-2,7-8,10H,3-6H2,(H,15,17). The Labute approximate surface area is 125 Å². The lowest BCUT2D eigenvalue weighted by atomic mass is 10.0. The van der Waals surface area contributed by atoms with Crippen LogP contribution in [0.15, 0.2) is 17.5 Å². The second-order valence-corrected chi connectivity index (χ2v) is 6.40. The highest BCUT2D eigenvalue weighted by Crippen LogP contribution is 2.17. The van der Waals surface area contributed by atoms with Crippen LogP contribution in [-0.2, 0) is 4.79 Å². The zero-order chi connectivity index (χ0) is 13.8. The van der Waals surface area contributed by atoms with E-state index in [0.717, 1.165) is 17.7 Å². The molecule has 1 aliphatic heterocycles. The molecule has 4 nitrogen and oxygen atoms in total. The lowest BCUT2D eigenvalue weighted by Gasteiger charge is -2.32. The molecule has 0 aliphatic carbocycles. The SMILES string of the molecule is O=C(NC1CCN(C(=O)c2cccs2)CC1)C(Cl)Cl. The molecule has 0 unspecified atom stereocenters. The molecule has 2 rings (SSSR count). The van der Waals surface area contributed by atoms with Gasteiger partial charge in [0.1, 0.15) is 0 Å². The number of nitrogens with one attached hydrogen (secondary N) is 1. The van der Waals surface area contributed by atoms with Crippen LogP contribution < -0.4 is 5.32 Å². The molecule has 104 valence electrons. The molecule has 1 aliphatic rings. The molecule has 2 heterocycles. The predicted octanol–water partition coefficient (Wildman–Crippen LogP) is 2.27. The molecule has 0 spiro atoms. The third-order valence-corrected chi connectivity index (χ3v) is 4.31. The Morgan fingerprint density at radius 1 is 1.37 bits per heavy atom. The topological polar surface area (TPSA) is 49.4 Å². The van der Waals surface area contributed by atoms with E-state index < -0.39 is 4.84 Å². The summed E-state index contributed by atoms with van der Waals surface area (Å²) in [4.78, 5) is 25.0. The molecule has 0 bridgehead atoms. The van der Waals surface area contributed by atoms with E-state index in [0.29, 0.717) is 13.1 Å². The fourth-order valence-corrected chi connectivity index (χ4v) is 2.86. The van der Waals surface area contributed by atoms with Gasteiger partial charge >= 0.3 is 0 Å². The van der Waals surface area contributed by atoms with Gasteiger partial charge in [0.05, 0.1) is 4.88 Å². The summed E-state index contributed by atoms with van der Waals surface area (Å²) in [5.74, 6) is -0.307. The van der Waals surface area contributed by atoms with Crippen LogP contribution in [0, 0.1) is 0 Å². The van der Waals surface area contributed by atoms with Gasteiger partial charge in [-0.2, -0.15) is 0 Å². The monoisotopic (exact) mass is 320 g/mol. The smallest absolute Gasteiger partial charge is 0.263 e. The molecule has 19 heavy (non-hydrogen) atoms. The van der Waals surface area contributed by atoms with Crippen LogP contribution in [-0.4, -0.2) is 40.7 Å². The molecule has 0 radical (unpaired) electrons. The summed E-state index contributed by atoms with van der Waals surface area (Å²) in [5.41, 5.74) is 0. The highest BCUT2D eigenvalue weighted by Gasteiger charge is 2.26. The summed E-state index contributed by atoms with van der Waals surface area (Å²) >= 11 is 12.4. The number of rotatable bonds is 3. The van der Waals surface area contributed by atoms with E-state index in [1.807, 2.05) is 22.4 Å². The highest BCUT2D eigenvalue weighted by molar-refractivity contribution is 7.12. The van der Waals surface area contributed by atoms with Crippen molar-refractivity contribution in [2.45, 2.75) is 23.7 Å². The third-order valence-electron chi connectivity index (χ3n) is 3.06. The van der Waals surface area contributed by atoms with Crippen molar-refractivity contribution in [1.29, 1.82) is 0 Å². The lowest BCUT2D eigenvalue weighted by molar-refractivity contribution is -0.120. The summed E-state index contributed by atoms with van der Waals surface area (Å²) in [7, 11) is 0. The van der Waals surface area contributed by atoms with Gasteiger partial charge in [-0.25, -0.2) is 0 Å². The first-order valence-corrected chi connectivity index (χ1v) is 7.74. The van der Waals surface area contributed by atoms with E-state index in [9.17, 15) is 9.59 Å². The van der Waals surface area contributed by atoms with Gasteiger partial charge in [-0.05, 0) is 24.3 Å². The second kappa shape index (κ2) is 6.59. The zero-order valence-electron chi connectivity index (χ0n) is 10.1. The summed E-state index contributed by atoms with van der Waals surface area (Å²) < 4.78 is 0. The number of amides is 2. The maximum atomic E-state index is 12.1. The minimum Gasteiger partial charge on any atom is -0.351 e. The van der Waals surface area contributed by atoms with E-state index >= 15 is 0 Å². The molecule has 7 heteroatoms. The number of hydrogen-bond donors (Lipinski definition) is 1. The average molecular weight is 321 g/mol. The van der Waals surface area contributed by atoms with E-state index in [1.165, 1.54) is 11.3 Å². The van der Waals surface area contributed by atoms with Crippen LogP contribution in [0.4, 0.5) is 0 Å². The summed E-state index contributed by atoms with van der Waals surface area (Å²) in [6, 6.07) is 3.73. The first-order valence-electron chi connectivity index (χ1n) is 5.99. The Balaban J connectivity index is 1.82. The minimum atomic E-state index is -1.04. The first-order chi connectivity index (χ1) is 9.08. The van der Waals surface area contributed by atoms with Gasteiger partial charge in [0.15, 0.2) is 4.84 Å². The summed E-state index contributed by atoms with van der Waals surface area (Å²) in [5, 5.41) is 4.66. The van der Waals surface area contributed by atoms with Crippen LogP contribution in [0.25, 0.3) is 0 Å². The fraction of sp³-hybridized carbons (Fsp3) is 0.500. The van der Waals surface area contributed by atoms with Crippen molar-refractivity contribution in [3.63, 3.8) is 0 Å². The third kappa shape index (κ3) is 3.84. The Morgan fingerprint density at radius 2 is 2.05 bits per heavy atom. The predicted molar refractivity (Wildman–Crippen MR) is 76.9 cm³/mol. The van der Waals surface area contributed by atoms with Crippen molar-refractivity contribution >= 4 is 46.4 Å². The molecule has 2 amide bonds. The largest absolute Gasteiger partial charge is 0.351 e. The highest BCUT2D eigenvalue weighted by atomic mass is 35.5. The number of piperidine rings is 1. The Morgan fingerprint density at radius 3 is 2.58 bits per heavy atom. The second-order valence-electron chi connectivity index (χ2n) is 4.35. The Hall–Kier alpha value is -0.780. The van der Waals surface area contributed by atoms with Crippen molar-refractivity contribution in [2.24, 2.45) is 0 Å². The van der Waals surface area contributed by atoms with Crippen molar-refractivity contribution < 1.29 is 9.59 Å². The molecule has 1 saturated heterocycles. The number of thiophene rings is 1. The van der Waals surface area contributed by atoms with Crippen molar-refractivity contribution in [3.8, 4) is 0 Å². The van der Waals surface area contributed by atoms with Crippen molar-refractivity contribution in [1.82, 2.24) is 10.2 Å². The molecule has 0 atom stereocenters. The van der Waals surface area contributed by atoms with E-state index in [1.54, 1.807) is 0 Å². The van der Waals surface area contributed by atoms with Crippen LogP contribution in [0.3, 0.4) is 0 Å². The number of hydrogen-bond acceptors (Lipinski definition) is 3. The number of carbonyl (C=O) groups excluding carboxylic acids is 2. The molecule has 0 aromatic carbocycles. The first kappa shape index (κ1) is 14.6. The van der Waals surface area contributed by atoms with Gasteiger partial charge in [0.2, 0.25) is 0 Å². The van der Waals surface area contributed by atoms with Crippen LogP contribution in [0.5, 0.6) is 0 Å². The molecule has 1 aromatic heterocycles. The van der Waals surface area contributed by atoms with E-state index in [2.05, 4.69) is 5.32 Å². The average Bonchev–Trinajstić information content (AvgIpc) is 2.92. The molecule has 1 fully saturated rings. The summed E-state index contributed by atoms with van der Waals surface area (Å²) in [6.45, 7) is 1.27. The van der Waals surface area contributed by atoms with Crippen LogP contribution >= 0.6 is 34.5 Å². The van der Waals surface area contributed by atoms with Gasteiger partial charge < -0.3 is 10.2 Å². The maximum absolute atomic E-state index is 12.1. The van der Waals surface area contributed by atoms with Crippen molar-refractivity contribution in [2.75, 3.05) is 13.1 Å². The lowest BCUT2D eigenvalue weighted by Crippen LogP contribution is -2.47. The Kier molecular flexibility index (Phi) is 5.07. The van der Waals surface area contributed by atoms with Gasteiger partial charge in [0.25, 0.3) is 11.8 Å². The molecular weight excluding hydrogens is 307 g/mol. The van der Waals surface area contributed by atoms with E-state index in [-0.39, 0.29) is 17.9 Å². The number of likely N-dealkylation sites (tertiary alicyclic amines) is 1. The van der Waals surface area contributed by atoms with Gasteiger partial charge in [-0.3, -0.25) is 9.59 Å².